The molecular formula is C21H25BrN2O4S. The van der Waals surface area contributed by atoms with Crippen LogP contribution in [0.4, 0.5) is 0 Å². The maximum Gasteiger partial charge on any atom is 0.243 e. The first-order chi connectivity index (χ1) is 13.7. The first kappa shape index (κ1) is 21.8. The van der Waals surface area contributed by atoms with Gasteiger partial charge in [-0.15, -0.1) is 0 Å². The number of rotatable bonds is 6. The molecule has 1 atom stereocenters. The molecule has 29 heavy (non-hydrogen) atoms. The molecule has 1 heterocycles. The minimum atomic E-state index is -3.64. The Labute approximate surface area is 180 Å². The molecule has 156 valence electrons. The van der Waals surface area contributed by atoms with Gasteiger partial charge in [-0.1, -0.05) is 28.1 Å². The molecule has 2 aromatic rings. The van der Waals surface area contributed by atoms with E-state index in [1.807, 2.05) is 31.2 Å². The maximum absolute atomic E-state index is 13.0. The number of carbonyl (C=O) groups excluding carboxylic acids is 1. The minimum Gasteiger partial charge on any atom is -0.497 e. The van der Waals surface area contributed by atoms with Gasteiger partial charge < -0.3 is 10.1 Å². The third kappa shape index (κ3) is 4.99. The van der Waals surface area contributed by atoms with E-state index in [4.69, 9.17) is 4.74 Å². The number of methoxy groups -OCH3 is 1. The second kappa shape index (κ2) is 8.85. The zero-order valence-corrected chi connectivity index (χ0v) is 18.9. The quantitative estimate of drug-likeness (QED) is 0.685. The highest BCUT2D eigenvalue weighted by Gasteiger charge is 2.41. The lowest BCUT2D eigenvalue weighted by Crippen LogP contribution is -2.51. The number of hydrogen-bond donors (Lipinski definition) is 1. The summed E-state index contributed by atoms with van der Waals surface area (Å²) >= 11 is 3.32. The summed E-state index contributed by atoms with van der Waals surface area (Å²) in [5.41, 5.74) is 0.186. The van der Waals surface area contributed by atoms with Crippen molar-refractivity contribution in [3.8, 4) is 5.75 Å². The molecule has 1 saturated heterocycles. The van der Waals surface area contributed by atoms with Gasteiger partial charge in [-0.25, -0.2) is 8.42 Å². The summed E-state index contributed by atoms with van der Waals surface area (Å²) < 4.78 is 33.4. The summed E-state index contributed by atoms with van der Waals surface area (Å²) in [4.78, 5) is 13.1. The lowest BCUT2D eigenvalue weighted by Gasteiger charge is -2.38. The number of nitrogens with one attached hydrogen (secondary N) is 1. The topological polar surface area (TPSA) is 75.7 Å². The zero-order chi connectivity index (χ0) is 21.1. The lowest BCUT2D eigenvalue weighted by atomic mass is 9.82. The minimum absolute atomic E-state index is 0.135. The Balaban J connectivity index is 1.68. The van der Waals surface area contributed by atoms with E-state index in [0.717, 1.165) is 15.8 Å². The number of nitrogens with zero attached hydrogens (tertiary/aromatic N) is 1. The van der Waals surface area contributed by atoms with Gasteiger partial charge in [0.15, 0.2) is 0 Å². The van der Waals surface area contributed by atoms with Crippen LogP contribution >= 0.6 is 15.9 Å². The Hall–Kier alpha value is -1.90. The second-order valence-corrected chi connectivity index (χ2v) is 10.3. The maximum atomic E-state index is 13.0. The molecule has 3 rings (SSSR count). The third-order valence-electron chi connectivity index (χ3n) is 5.27. The van der Waals surface area contributed by atoms with Gasteiger partial charge in [0.25, 0.3) is 0 Å². The molecule has 0 radical (unpaired) electrons. The van der Waals surface area contributed by atoms with Gasteiger partial charge in [0.2, 0.25) is 15.9 Å². The molecule has 0 bridgehead atoms. The van der Waals surface area contributed by atoms with Crippen molar-refractivity contribution in [1.82, 2.24) is 9.62 Å². The van der Waals surface area contributed by atoms with Crippen LogP contribution in [0.25, 0.3) is 0 Å². The summed E-state index contributed by atoms with van der Waals surface area (Å²) in [6.45, 7) is 2.80. The Morgan fingerprint density at radius 1 is 1.17 bits per heavy atom. The van der Waals surface area contributed by atoms with E-state index >= 15 is 0 Å². The lowest BCUT2D eigenvalue weighted by molar-refractivity contribution is -0.132. The van der Waals surface area contributed by atoms with Gasteiger partial charge in [-0.2, -0.15) is 4.31 Å². The third-order valence-corrected chi connectivity index (χ3v) is 7.66. The number of hydrogen-bond acceptors (Lipinski definition) is 4. The Morgan fingerprint density at radius 2 is 1.83 bits per heavy atom. The number of sulfonamides is 1. The standard InChI is InChI=1S/C21H25BrN2O4S/c1-21(20(25)23-14-16-4-8-18(28-2)9-5-16)12-3-13-24(15-21)29(26,27)19-10-6-17(22)7-11-19/h4-11H,3,12-15H2,1-2H3,(H,23,25)/t21-/m1/s1. The van der Waals surface area contributed by atoms with Crippen LogP contribution in [0.15, 0.2) is 57.9 Å². The summed E-state index contributed by atoms with van der Waals surface area (Å²) in [7, 11) is -2.03. The summed E-state index contributed by atoms with van der Waals surface area (Å²) in [6.07, 6.45) is 1.29. The second-order valence-electron chi connectivity index (χ2n) is 7.49. The normalized spacial score (nSPS) is 20.2. The van der Waals surface area contributed by atoms with Crippen molar-refractivity contribution in [1.29, 1.82) is 0 Å². The van der Waals surface area contributed by atoms with E-state index in [1.54, 1.807) is 31.4 Å². The van der Waals surface area contributed by atoms with Gasteiger partial charge in [0, 0.05) is 24.1 Å². The Kier molecular flexibility index (Phi) is 6.65. The number of halogens is 1. The predicted molar refractivity (Wildman–Crippen MR) is 115 cm³/mol. The van der Waals surface area contributed by atoms with E-state index < -0.39 is 15.4 Å². The first-order valence-corrected chi connectivity index (χ1v) is 11.6. The molecule has 1 fully saturated rings. The van der Waals surface area contributed by atoms with Crippen molar-refractivity contribution < 1.29 is 17.9 Å². The average molecular weight is 481 g/mol. The number of carbonyl (C=O) groups is 1. The fourth-order valence-electron chi connectivity index (χ4n) is 3.48. The highest BCUT2D eigenvalue weighted by Crippen LogP contribution is 2.33. The largest absolute Gasteiger partial charge is 0.497 e. The van der Waals surface area contributed by atoms with Gasteiger partial charge in [0.1, 0.15) is 5.75 Å². The summed E-state index contributed by atoms with van der Waals surface area (Å²) in [6, 6.07) is 14.0. The molecule has 0 unspecified atom stereocenters. The fraction of sp³-hybridized carbons (Fsp3) is 0.381. The van der Waals surface area contributed by atoms with Crippen LogP contribution in [-0.4, -0.2) is 38.8 Å². The molecule has 8 heteroatoms. The van der Waals surface area contributed by atoms with Crippen molar-refractivity contribution >= 4 is 31.9 Å². The van der Waals surface area contributed by atoms with Crippen LogP contribution in [-0.2, 0) is 21.4 Å². The fourth-order valence-corrected chi connectivity index (χ4v) is 5.35. The van der Waals surface area contributed by atoms with Gasteiger partial charge in [-0.3, -0.25) is 4.79 Å². The number of amides is 1. The average Bonchev–Trinajstić information content (AvgIpc) is 2.72. The smallest absolute Gasteiger partial charge is 0.243 e. The van der Waals surface area contributed by atoms with Crippen molar-refractivity contribution in [2.24, 2.45) is 5.41 Å². The Morgan fingerprint density at radius 3 is 2.45 bits per heavy atom. The highest BCUT2D eigenvalue weighted by atomic mass is 79.9. The van der Waals surface area contributed by atoms with E-state index in [1.165, 1.54) is 4.31 Å². The first-order valence-electron chi connectivity index (χ1n) is 9.41. The van der Waals surface area contributed by atoms with Crippen LogP contribution in [0.5, 0.6) is 5.75 Å². The zero-order valence-electron chi connectivity index (χ0n) is 16.5. The highest BCUT2D eigenvalue weighted by molar-refractivity contribution is 9.10. The summed E-state index contributed by atoms with van der Waals surface area (Å²) in [5.74, 6) is 0.622. The molecule has 0 spiro atoms. The van der Waals surface area contributed by atoms with E-state index in [2.05, 4.69) is 21.2 Å². The monoisotopic (exact) mass is 480 g/mol. The number of ether oxygens (including phenoxy) is 1. The molecule has 1 amide bonds. The SMILES string of the molecule is COc1ccc(CNC(=O)[C@]2(C)CCCN(S(=O)(=O)c3ccc(Br)cc3)C2)cc1. The van der Waals surface area contributed by atoms with Crippen molar-refractivity contribution in [2.75, 3.05) is 20.2 Å². The van der Waals surface area contributed by atoms with Crippen LogP contribution < -0.4 is 10.1 Å². The summed E-state index contributed by atoms with van der Waals surface area (Å²) in [5, 5.41) is 2.96. The van der Waals surface area contributed by atoms with Gasteiger partial charge in [0.05, 0.1) is 17.4 Å². The molecule has 6 nitrogen and oxygen atoms in total. The van der Waals surface area contributed by atoms with Gasteiger partial charge in [-0.05, 0) is 61.7 Å². The number of benzene rings is 2. The van der Waals surface area contributed by atoms with E-state index in [0.29, 0.717) is 25.9 Å². The molecule has 0 aromatic heterocycles. The van der Waals surface area contributed by atoms with Crippen LogP contribution in [0, 0.1) is 5.41 Å². The van der Waals surface area contributed by atoms with Crippen molar-refractivity contribution in [3.63, 3.8) is 0 Å². The van der Waals surface area contributed by atoms with Crippen molar-refractivity contribution in [2.45, 2.75) is 31.2 Å². The molecule has 1 aliphatic rings. The van der Waals surface area contributed by atoms with Crippen LogP contribution in [0.2, 0.25) is 0 Å². The molecule has 0 saturated carbocycles. The Bertz CT molecular complexity index is 961. The van der Waals surface area contributed by atoms with Gasteiger partial charge >= 0.3 is 0 Å². The van der Waals surface area contributed by atoms with E-state index in [9.17, 15) is 13.2 Å². The molecular weight excluding hydrogens is 456 g/mol. The molecule has 0 aliphatic carbocycles. The molecule has 2 aromatic carbocycles. The van der Waals surface area contributed by atoms with Crippen molar-refractivity contribution in [3.05, 3.63) is 58.6 Å². The number of piperidine rings is 1. The molecule has 1 aliphatic heterocycles. The predicted octanol–water partition coefficient (Wildman–Crippen LogP) is 3.56. The van der Waals surface area contributed by atoms with Crippen LogP contribution in [0.3, 0.4) is 0 Å². The molecule has 1 N–H and O–H groups in total. The van der Waals surface area contributed by atoms with Crippen LogP contribution in [0.1, 0.15) is 25.3 Å². The van der Waals surface area contributed by atoms with E-state index in [-0.39, 0.29) is 17.3 Å².